The van der Waals surface area contributed by atoms with Crippen molar-refractivity contribution in [2.75, 3.05) is 11.9 Å². The number of rotatable bonds is 9. The van der Waals surface area contributed by atoms with E-state index < -0.39 is 0 Å². The van der Waals surface area contributed by atoms with Crippen molar-refractivity contribution in [3.05, 3.63) is 106 Å². The molecule has 0 radical (unpaired) electrons. The minimum absolute atomic E-state index is 0.299. The summed E-state index contributed by atoms with van der Waals surface area (Å²) in [6.07, 6.45) is 2.54. The fourth-order valence-electron chi connectivity index (χ4n) is 3.88. The van der Waals surface area contributed by atoms with Crippen LogP contribution in [0.1, 0.15) is 29.3 Å². The number of ether oxygens (including phenoxy) is 1. The van der Waals surface area contributed by atoms with E-state index in [9.17, 15) is 4.79 Å². The number of aromatic nitrogens is 1. The number of carbonyl (C=O) groups is 1. The maximum atomic E-state index is 12.7. The lowest BCUT2D eigenvalue weighted by atomic mass is 10.0. The van der Waals surface area contributed by atoms with Crippen molar-refractivity contribution in [3.63, 3.8) is 0 Å². The summed E-state index contributed by atoms with van der Waals surface area (Å²) in [6.45, 7) is 2.67. The molecule has 0 aliphatic carbocycles. The van der Waals surface area contributed by atoms with Crippen LogP contribution in [0.3, 0.4) is 0 Å². The molecule has 0 saturated heterocycles. The first kappa shape index (κ1) is 25.4. The average molecular weight is 541 g/mol. The molecule has 1 amide bonds. The van der Waals surface area contributed by atoms with Gasteiger partial charge in [0, 0.05) is 32.8 Å². The van der Waals surface area contributed by atoms with Crippen LogP contribution >= 0.6 is 22.9 Å². The van der Waals surface area contributed by atoms with Crippen molar-refractivity contribution in [1.82, 2.24) is 10.4 Å². The van der Waals surface area contributed by atoms with Crippen LogP contribution in [0, 0.1) is 0 Å². The Morgan fingerprint density at radius 1 is 1.03 bits per heavy atom. The lowest BCUT2D eigenvalue weighted by molar-refractivity contribution is 0.0955. The molecular weight excluding hydrogens is 516 g/mol. The Kier molecular flexibility index (Phi) is 7.97. The van der Waals surface area contributed by atoms with Crippen LogP contribution in [-0.4, -0.2) is 23.7 Å². The monoisotopic (exact) mass is 540 g/mol. The van der Waals surface area contributed by atoms with Gasteiger partial charge < -0.3 is 10.1 Å². The fraction of sp³-hybridized carbons (Fsp3) is 0.100. The Hall–Kier alpha value is -4.20. The number of hydrogen-bond acceptors (Lipinski definition) is 6. The van der Waals surface area contributed by atoms with Crippen LogP contribution in [0.25, 0.3) is 22.0 Å². The normalized spacial score (nSPS) is 11.1. The average Bonchev–Trinajstić information content (AvgIpc) is 3.42. The first-order valence-electron chi connectivity index (χ1n) is 12.2. The molecule has 8 heteroatoms. The van der Waals surface area contributed by atoms with Gasteiger partial charge in [-0.3, -0.25) is 4.79 Å². The maximum absolute atomic E-state index is 12.7. The third-order valence-electron chi connectivity index (χ3n) is 5.79. The van der Waals surface area contributed by atoms with E-state index in [4.69, 9.17) is 16.3 Å². The Labute approximate surface area is 230 Å². The van der Waals surface area contributed by atoms with Gasteiger partial charge in [-0.15, -0.1) is 11.3 Å². The lowest BCUT2D eigenvalue weighted by Crippen LogP contribution is -2.17. The molecule has 0 saturated carbocycles. The smallest absolute Gasteiger partial charge is 0.271 e. The molecule has 0 bridgehead atoms. The number of hydrogen-bond donors (Lipinski definition) is 2. The minimum atomic E-state index is -0.299. The van der Waals surface area contributed by atoms with Crippen LogP contribution in [0.4, 0.5) is 10.8 Å². The van der Waals surface area contributed by atoms with Crippen LogP contribution in [0.2, 0.25) is 5.02 Å². The maximum Gasteiger partial charge on any atom is 0.271 e. The zero-order valence-electron chi connectivity index (χ0n) is 20.6. The van der Waals surface area contributed by atoms with Crippen molar-refractivity contribution in [3.8, 4) is 17.0 Å². The number of anilines is 2. The van der Waals surface area contributed by atoms with E-state index in [1.807, 2.05) is 78.2 Å². The van der Waals surface area contributed by atoms with Gasteiger partial charge in [-0.2, -0.15) is 5.10 Å². The Bertz CT molecular complexity index is 1580. The molecule has 0 atom stereocenters. The predicted octanol–water partition coefficient (Wildman–Crippen LogP) is 7.91. The number of nitrogens with zero attached hydrogens (tertiary/aromatic N) is 2. The third kappa shape index (κ3) is 6.02. The van der Waals surface area contributed by atoms with Crippen molar-refractivity contribution < 1.29 is 9.53 Å². The topological polar surface area (TPSA) is 75.6 Å². The number of fused-ring (bicyclic) bond motifs is 1. The van der Waals surface area contributed by atoms with Crippen LogP contribution in [0.15, 0.2) is 95.4 Å². The summed E-state index contributed by atoms with van der Waals surface area (Å²) >= 11 is 7.46. The molecule has 190 valence electrons. The van der Waals surface area contributed by atoms with Gasteiger partial charge >= 0.3 is 0 Å². The number of carbonyl (C=O) groups excluding carboxylic acids is 1. The molecule has 0 aliphatic rings. The highest BCUT2D eigenvalue weighted by molar-refractivity contribution is 7.14. The number of hydrazone groups is 1. The van der Waals surface area contributed by atoms with Crippen LogP contribution < -0.4 is 15.5 Å². The van der Waals surface area contributed by atoms with Gasteiger partial charge in [0.2, 0.25) is 0 Å². The Balaban J connectivity index is 1.26. The van der Waals surface area contributed by atoms with Gasteiger partial charge in [0.05, 0.1) is 18.5 Å². The summed E-state index contributed by atoms with van der Waals surface area (Å²) < 4.78 is 5.91. The van der Waals surface area contributed by atoms with E-state index in [0.29, 0.717) is 17.2 Å². The summed E-state index contributed by atoms with van der Waals surface area (Å²) in [6, 6.07) is 26.7. The van der Waals surface area contributed by atoms with E-state index in [-0.39, 0.29) is 5.91 Å². The molecule has 5 aromatic rings. The van der Waals surface area contributed by atoms with Crippen molar-refractivity contribution in [2.24, 2.45) is 5.10 Å². The van der Waals surface area contributed by atoms with E-state index in [2.05, 4.69) is 27.8 Å². The van der Waals surface area contributed by atoms with E-state index in [0.717, 1.165) is 50.6 Å². The van der Waals surface area contributed by atoms with Crippen molar-refractivity contribution in [2.45, 2.75) is 13.3 Å². The second kappa shape index (κ2) is 11.9. The number of amides is 1. The van der Waals surface area contributed by atoms with Crippen molar-refractivity contribution >= 4 is 56.7 Å². The standard InChI is InChI=1S/C30H25ClN4O2S/c1-2-17-37-28-16-11-20-5-3-4-6-25(20)26(28)18-32-35-29(36)22-9-7-21(8-10-22)27-19-38-30(34-27)33-24-14-12-23(31)13-15-24/h3-16,18-19H,2,17H2,1H3,(H,33,34)(H,35,36)/b32-18-. The van der Waals surface area contributed by atoms with Gasteiger partial charge in [-0.25, -0.2) is 10.4 Å². The molecule has 0 unspecified atom stereocenters. The number of thiazole rings is 1. The highest BCUT2D eigenvalue weighted by Gasteiger charge is 2.10. The van der Waals surface area contributed by atoms with Gasteiger partial charge in [0.1, 0.15) is 5.75 Å². The highest BCUT2D eigenvalue weighted by Crippen LogP contribution is 2.29. The highest BCUT2D eigenvalue weighted by atomic mass is 35.5. The first-order valence-corrected chi connectivity index (χ1v) is 13.4. The van der Waals surface area contributed by atoms with Crippen LogP contribution in [0.5, 0.6) is 5.75 Å². The molecule has 0 aliphatic heterocycles. The van der Waals surface area contributed by atoms with Crippen molar-refractivity contribution in [1.29, 1.82) is 0 Å². The van der Waals surface area contributed by atoms with E-state index in [1.165, 1.54) is 11.3 Å². The minimum Gasteiger partial charge on any atom is -0.493 e. The van der Waals surface area contributed by atoms with Gasteiger partial charge in [-0.1, -0.05) is 61.0 Å². The van der Waals surface area contributed by atoms with Crippen LogP contribution in [-0.2, 0) is 0 Å². The van der Waals surface area contributed by atoms with E-state index in [1.54, 1.807) is 18.3 Å². The SMILES string of the molecule is CCCOc1ccc2ccccc2c1/C=N\NC(=O)c1ccc(-c2csc(Nc3ccc(Cl)cc3)n2)cc1. The summed E-state index contributed by atoms with van der Waals surface area (Å²) in [7, 11) is 0. The fourth-order valence-corrected chi connectivity index (χ4v) is 4.75. The number of nitrogens with one attached hydrogen (secondary N) is 2. The summed E-state index contributed by atoms with van der Waals surface area (Å²) in [4.78, 5) is 17.4. The molecule has 5 rings (SSSR count). The molecule has 0 fully saturated rings. The molecular formula is C30H25ClN4O2S. The molecule has 2 N–H and O–H groups in total. The largest absolute Gasteiger partial charge is 0.493 e. The predicted molar refractivity (Wildman–Crippen MR) is 157 cm³/mol. The zero-order valence-corrected chi connectivity index (χ0v) is 22.2. The summed E-state index contributed by atoms with van der Waals surface area (Å²) in [5.41, 5.74) is 6.62. The summed E-state index contributed by atoms with van der Waals surface area (Å²) in [5.74, 6) is 0.438. The lowest BCUT2D eigenvalue weighted by Gasteiger charge is -2.11. The summed E-state index contributed by atoms with van der Waals surface area (Å²) in [5, 5.41) is 13.0. The van der Waals surface area contributed by atoms with Gasteiger partial charge in [0.15, 0.2) is 5.13 Å². The zero-order chi connectivity index (χ0) is 26.3. The molecule has 1 heterocycles. The Morgan fingerprint density at radius 3 is 2.61 bits per heavy atom. The quantitative estimate of drug-likeness (QED) is 0.147. The van der Waals surface area contributed by atoms with Gasteiger partial charge in [0.25, 0.3) is 5.91 Å². The molecule has 6 nitrogen and oxygen atoms in total. The molecule has 0 spiro atoms. The number of benzene rings is 4. The van der Waals surface area contributed by atoms with Gasteiger partial charge in [-0.05, 0) is 59.7 Å². The molecule has 4 aromatic carbocycles. The third-order valence-corrected chi connectivity index (χ3v) is 6.80. The second-order valence-corrected chi connectivity index (χ2v) is 9.79. The number of halogens is 1. The molecule has 38 heavy (non-hydrogen) atoms. The second-order valence-electron chi connectivity index (χ2n) is 8.49. The first-order chi connectivity index (χ1) is 18.6. The Morgan fingerprint density at radius 2 is 1.82 bits per heavy atom. The van der Waals surface area contributed by atoms with E-state index >= 15 is 0 Å². The molecule has 1 aromatic heterocycles.